The van der Waals surface area contributed by atoms with E-state index in [4.69, 9.17) is 0 Å². The van der Waals surface area contributed by atoms with E-state index in [-0.39, 0.29) is 0 Å². The summed E-state index contributed by atoms with van der Waals surface area (Å²) in [6, 6.07) is 67.3. The topological polar surface area (TPSA) is 3.24 Å². The molecule has 0 saturated heterocycles. The van der Waals surface area contributed by atoms with Crippen LogP contribution in [0, 0.1) is 0 Å². The summed E-state index contributed by atoms with van der Waals surface area (Å²) in [6.07, 6.45) is 18.1. The van der Waals surface area contributed by atoms with E-state index in [2.05, 4.69) is 229 Å². The number of rotatable bonds is 11. The third kappa shape index (κ3) is 8.59. The second kappa shape index (κ2) is 17.4. The Morgan fingerprint density at radius 1 is 0.400 bits per heavy atom. The lowest BCUT2D eigenvalue weighted by Gasteiger charge is -2.29. The Labute approximate surface area is 326 Å². The molecule has 8 rings (SSSR count). The van der Waals surface area contributed by atoms with Gasteiger partial charge in [-0.2, -0.15) is 0 Å². The van der Waals surface area contributed by atoms with Crippen molar-refractivity contribution in [2.45, 2.75) is 25.7 Å². The number of para-hydroxylation sites is 1. The van der Waals surface area contributed by atoms with Gasteiger partial charge < -0.3 is 4.90 Å². The maximum Gasteiger partial charge on any atom is 0.0533 e. The molecule has 7 aromatic carbocycles. The van der Waals surface area contributed by atoms with Crippen LogP contribution < -0.4 is 4.90 Å². The van der Waals surface area contributed by atoms with E-state index in [1.54, 1.807) is 0 Å². The molecule has 55 heavy (non-hydrogen) atoms. The van der Waals surface area contributed by atoms with Gasteiger partial charge in [-0.25, -0.2) is 0 Å². The lowest BCUT2D eigenvalue weighted by atomic mass is 9.91. The summed E-state index contributed by atoms with van der Waals surface area (Å²) in [5.74, 6) is 0. The molecule has 0 radical (unpaired) electrons. The largest absolute Gasteiger partial charge is 0.310 e. The Morgan fingerprint density at radius 2 is 0.891 bits per heavy atom. The maximum absolute atomic E-state index is 2.43. The molecule has 266 valence electrons. The molecule has 7 aromatic rings. The maximum atomic E-state index is 2.43. The summed E-state index contributed by atoms with van der Waals surface area (Å²) in [5.41, 5.74) is 15.9. The fourth-order valence-corrected chi connectivity index (χ4v) is 7.58. The van der Waals surface area contributed by atoms with Crippen LogP contribution in [0.1, 0.15) is 57.3 Å². The van der Waals surface area contributed by atoms with Crippen molar-refractivity contribution in [3.8, 4) is 0 Å². The van der Waals surface area contributed by atoms with Crippen LogP contribution in [0.25, 0.3) is 23.3 Å². The van der Waals surface area contributed by atoms with Crippen LogP contribution in [0.3, 0.4) is 0 Å². The number of fused-ring (bicyclic) bond motifs is 1. The fourth-order valence-electron chi connectivity index (χ4n) is 7.58. The van der Waals surface area contributed by atoms with E-state index in [1.165, 1.54) is 63.1 Å². The molecule has 0 bridgehead atoms. The van der Waals surface area contributed by atoms with Gasteiger partial charge in [0.2, 0.25) is 0 Å². The molecule has 0 heterocycles. The Balaban J connectivity index is 1.18. The molecule has 0 aromatic heterocycles. The van der Waals surface area contributed by atoms with Gasteiger partial charge in [-0.05, 0) is 112 Å². The average Bonchev–Trinajstić information content (AvgIpc) is 3.26. The highest BCUT2D eigenvalue weighted by molar-refractivity contribution is 5.86. The number of benzene rings is 7. The number of anilines is 3. The highest BCUT2D eigenvalue weighted by Gasteiger charge is 2.18. The molecule has 0 spiro atoms. The summed E-state index contributed by atoms with van der Waals surface area (Å²) >= 11 is 0. The van der Waals surface area contributed by atoms with Gasteiger partial charge in [0.1, 0.15) is 0 Å². The number of hydrogen-bond acceptors (Lipinski definition) is 1. The monoisotopic (exact) mass is 707 g/mol. The molecule has 1 aliphatic rings. The zero-order chi connectivity index (χ0) is 37.1. The van der Waals surface area contributed by atoms with E-state index in [9.17, 15) is 0 Å². The second-order valence-electron chi connectivity index (χ2n) is 14.0. The number of allylic oxidation sites excluding steroid dienone is 4. The first-order valence-corrected chi connectivity index (χ1v) is 19.4. The van der Waals surface area contributed by atoms with Gasteiger partial charge in [0.05, 0.1) is 5.69 Å². The summed E-state index contributed by atoms with van der Waals surface area (Å²) in [4.78, 5) is 2.43. The van der Waals surface area contributed by atoms with Crippen molar-refractivity contribution in [3.05, 3.63) is 257 Å². The molecule has 0 amide bonds. The lowest BCUT2D eigenvalue weighted by molar-refractivity contribution is 0.685. The van der Waals surface area contributed by atoms with Crippen LogP contribution in [0.15, 0.2) is 212 Å². The van der Waals surface area contributed by atoms with Gasteiger partial charge in [0.25, 0.3) is 0 Å². The highest BCUT2D eigenvalue weighted by Crippen LogP contribution is 2.39. The minimum Gasteiger partial charge on any atom is -0.310 e. The van der Waals surface area contributed by atoms with Crippen LogP contribution in [-0.2, 0) is 12.8 Å². The zero-order valence-corrected chi connectivity index (χ0v) is 31.1. The quantitative estimate of drug-likeness (QED) is 0.121. The van der Waals surface area contributed by atoms with Crippen molar-refractivity contribution in [1.29, 1.82) is 0 Å². The van der Waals surface area contributed by atoms with Crippen molar-refractivity contribution in [2.75, 3.05) is 4.90 Å². The van der Waals surface area contributed by atoms with Crippen LogP contribution in [0.4, 0.5) is 17.1 Å². The number of nitrogens with zero attached hydrogens (tertiary/aromatic N) is 1. The molecule has 0 atom stereocenters. The molecule has 1 heteroatoms. The molecule has 0 N–H and O–H groups in total. The molecular weight excluding hydrogens is 663 g/mol. The van der Waals surface area contributed by atoms with Gasteiger partial charge in [-0.1, -0.05) is 194 Å². The summed E-state index contributed by atoms with van der Waals surface area (Å²) in [6.45, 7) is 0. The molecule has 0 aliphatic heterocycles. The van der Waals surface area contributed by atoms with Crippen LogP contribution in [0.2, 0.25) is 0 Å². The Hall–Kier alpha value is -6.70. The molecule has 0 saturated carbocycles. The van der Waals surface area contributed by atoms with E-state index >= 15 is 0 Å². The first kappa shape index (κ1) is 35.3. The Morgan fingerprint density at radius 3 is 1.47 bits per heavy atom. The van der Waals surface area contributed by atoms with Crippen molar-refractivity contribution < 1.29 is 0 Å². The molecule has 0 fully saturated rings. The summed E-state index contributed by atoms with van der Waals surface area (Å²) < 4.78 is 0. The van der Waals surface area contributed by atoms with E-state index in [0.717, 1.165) is 35.3 Å². The molecular formula is C54H45N. The summed E-state index contributed by atoms with van der Waals surface area (Å²) in [7, 11) is 0. The second-order valence-corrected chi connectivity index (χ2v) is 14.0. The van der Waals surface area contributed by atoms with Gasteiger partial charge >= 0.3 is 0 Å². The fraction of sp³-hybridized carbons (Fsp3) is 0.0741. The zero-order valence-electron chi connectivity index (χ0n) is 31.1. The molecule has 0 unspecified atom stereocenters. The van der Waals surface area contributed by atoms with Crippen molar-refractivity contribution in [2.24, 2.45) is 0 Å². The highest BCUT2D eigenvalue weighted by atomic mass is 15.1. The minimum atomic E-state index is 1.12. The Bertz CT molecular complexity index is 2370. The van der Waals surface area contributed by atoms with Gasteiger partial charge in [0.15, 0.2) is 0 Å². The SMILES string of the molecule is C(/C=C/c1cccc(N(c2ccc3c(c2)CCCC3)c2ccccc2/C=C/C=C(c2ccccc2)c2ccccc2)c1)=C(c1ccccc1)c1ccccc1. The van der Waals surface area contributed by atoms with Crippen LogP contribution in [0.5, 0.6) is 0 Å². The van der Waals surface area contributed by atoms with E-state index < -0.39 is 0 Å². The minimum absolute atomic E-state index is 1.12. The van der Waals surface area contributed by atoms with Gasteiger partial charge in [0, 0.05) is 11.4 Å². The molecule has 1 aliphatic carbocycles. The normalized spacial score (nSPS) is 12.3. The standard InChI is InChI=1S/C54H45N/c1-5-23-44(24-6-1)52(45-25-7-2-8-26-45)35-18-21-42-20-17-34-50(40-42)55(51-39-38-43-22-13-14-32-49(43)41-51)54-37-16-15-31-48(54)33-19-36-53(46-27-9-3-10-28-46)47-29-11-4-12-30-47/h1-12,15-21,23-31,33-41H,13-14,22,32H2/b21-18+,33-19+. The van der Waals surface area contributed by atoms with Gasteiger partial charge in [-0.3, -0.25) is 0 Å². The van der Waals surface area contributed by atoms with Gasteiger partial charge in [-0.15, -0.1) is 0 Å². The van der Waals surface area contributed by atoms with Crippen LogP contribution in [-0.4, -0.2) is 0 Å². The van der Waals surface area contributed by atoms with Crippen molar-refractivity contribution in [3.63, 3.8) is 0 Å². The van der Waals surface area contributed by atoms with Crippen molar-refractivity contribution in [1.82, 2.24) is 0 Å². The van der Waals surface area contributed by atoms with Crippen molar-refractivity contribution >= 4 is 40.4 Å². The predicted molar refractivity (Wildman–Crippen MR) is 236 cm³/mol. The third-order valence-corrected chi connectivity index (χ3v) is 10.3. The average molecular weight is 708 g/mol. The predicted octanol–water partition coefficient (Wildman–Crippen LogP) is 14.3. The Kier molecular flexibility index (Phi) is 11.2. The summed E-state index contributed by atoms with van der Waals surface area (Å²) in [5, 5.41) is 0. The van der Waals surface area contributed by atoms with Crippen LogP contribution >= 0.6 is 0 Å². The van der Waals surface area contributed by atoms with E-state index in [1.807, 2.05) is 0 Å². The number of aryl methyl sites for hydroxylation is 2. The molecule has 1 nitrogen and oxygen atoms in total. The first-order valence-electron chi connectivity index (χ1n) is 19.4. The first-order chi connectivity index (χ1) is 27.3. The van der Waals surface area contributed by atoms with E-state index in [0.29, 0.717) is 0 Å². The third-order valence-electron chi connectivity index (χ3n) is 10.3. The number of hydrogen-bond donors (Lipinski definition) is 0. The smallest absolute Gasteiger partial charge is 0.0533 e. The lowest BCUT2D eigenvalue weighted by Crippen LogP contribution is -2.13.